The molecule has 1 aliphatic rings. The van der Waals surface area contributed by atoms with Gasteiger partial charge in [-0.15, -0.1) is 0 Å². The molecule has 2 heteroatoms. The zero-order valence-corrected chi connectivity index (χ0v) is 15.5. The van der Waals surface area contributed by atoms with E-state index >= 15 is 0 Å². The summed E-state index contributed by atoms with van der Waals surface area (Å²) in [7, 11) is 0. The number of amidine groups is 1. The van der Waals surface area contributed by atoms with Crippen molar-refractivity contribution >= 4 is 5.84 Å². The molecule has 2 atom stereocenters. The van der Waals surface area contributed by atoms with Crippen molar-refractivity contribution in [3.63, 3.8) is 0 Å². The maximum absolute atomic E-state index is 5.10. The number of rotatable bonds is 3. The summed E-state index contributed by atoms with van der Waals surface area (Å²) in [5.74, 6) is 0.985. The third kappa shape index (κ3) is 3.15. The van der Waals surface area contributed by atoms with E-state index in [0.29, 0.717) is 0 Å². The summed E-state index contributed by atoms with van der Waals surface area (Å²) in [6, 6.07) is 26.2. The average molecular weight is 340 g/mol. The van der Waals surface area contributed by atoms with Gasteiger partial charge >= 0.3 is 0 Å². The lowest BCUT2D eigenvalue weighted by molar-refractivity contribution is 0.572. The zero-order valence-electron chi connectivity index (χ0n) is 15.5. The van der Waals surface area contributed by atoms with E-state index in [0.717, 1.165) is 5.84 Å². The minimum absolute atomic E-state index is 0.0768. The number of benzene rings is 3. The lowest BCUT2D eigenvalue weighted by atomic mass is 9.94. The fourth-order valence-corrected chi connectivity index (χ4v) is 3.53. The van der Waals surface area contributed by atoms with Gasteiger partial charge in [0.25, 0.3) is 0 Å². The van der Waals surface area contributed by atoms with E-state index in [1.54, 1.807) is 0 Å². The molecule has 0 bridgehead atoms. The van der Waals surface area contributed by atoms with Crippen molar-refractivity contribution in [2.45, 2.75) is 32.9 Å². The third-order valence-corrected chi connectivity index (χ3v) is 5.13. The lowest BCUT2D eigenvalue weighted by Crippen LogP contribution is -2.25. The Morgan fingerprint density at radius 1 is 0.692 bits per heavy atom. The molecule has 0 saturated heterocycles. The first kappa shape index (κ1) is 16.6. The van der Waals surface area contributed by atoms with E-state index in [4.69, 9.17) is 4.99 Å². The molecule has 0 saturated carbocycles. The van der Waals surface area contributed by atoms with Gasteiger partial charge in [-0.3, -0.25) is 4.99 Å². The summed E-state index contributed by atoms with van der Waals surface area (Å²) in [4.78, 5) is 5.10. The van der Waals surface area contributed by atoms with Crippen LogP contribution in [0.2, 0.25) is 0 Å². The summed E-state index contributed by atoms with van der Waals surface area (Å²) in [5, 5.41) is 3.70. The minimum atomic E-state index is 0.0768. The van der Waals surface area contributed by atoms with E-state index < -0.39 is 0 Å². The van der Waals surface area contributed by atoms with Crippen LogP contribution in [0.1, 0.15) is 45.5 Å². The maximum atomic E-state index is 5.10. The molecular weight excluding hydrogens is 316 g/mol. The molecule has 3 aromatic carbocycles. The molecule has 26 heavy (non-hydrogen) atoms. The predicted octanol–water partition coefficient (Wildman–Crippen LogP) is 5.44. The molecule has 130 valence electrons. The number of nitrogens with zero attached hydrogens (tertiary/aromatic N) is 1. The average Bonchev–Trinajstić information content (AvgIpc) is 3.08. The van der Waals surface area contributed by atoms with E-state index in [1.807, 2.05) is 0 Å². The fraction of sp³-hybridized carbons (Fsp3) is 0.208. The molecule has 1 aliphatic heterocycles. The van der Waals surface area contributed by atoms with Crippen LogP contribution in [0.15, 0.2) is 77.8 Å². The van der Waals surface area contributed by atoms with Crippen LogP contribution in [0.5, 0.6) is 0 Å². The molecule has 0 amide bonds. The standard InChI is InChI=1S/C24H24N2/c1-16-8-12-19(13-9-16)22-23(20-14-10-17(2)11-15-20)26-24(25-22)21-7-5-4-6-18(21)3/h4-15,22-23H,1-3H3,(H,25,26). The van der Waals surface area contributed by atoms with Crippen molar-refractivity contribution in [2.24, 2.45) is 4.99 Å². The Labute approximate surface area is 155 Å². The zero-order chi connectivity index (χ0) is 18.1. The highest BCUT2D eigenvalue weighted by Crippen LogP contribution is 2.37. The Bertz CT molecular complexity index is 937. The number of nitrogens with one attached hydrogen (secondary N) is 1. The van der Waals surface area contributed by atoms with Gasteiger partial charge in [0, 0.05) is 5.56 Å². The van der Waals surface area contributed by atoms with Crippen molar-refractivity contribution in [3.8, 4) is 0 Å². The largest absolute Gasteiger partial charge is 0.361 e. The second kappa shape index (κ2) is 6.80. The fourth-order valence-electron chi connectivity index (χ4n) is 3.53. The van der Waals surface area contributed by atoms with E-state index in [9.17, 15) is 0 Å². The molecule has 0 aromatic heterocycles. The molecule has 0 spiro atoms. The molecular formula is C24H24N2. The molecule has 0 aliphatic carbocycles. The highest BCUT2D eigenvalue weighted by Gasteiger charge is 2.32. The highest BCUT2D eigenvalue weighted by molar-refractivity contribution is 6.01. The number of aliphatic imine (C=N–C) groups is 1. The topological polar surface area (TPSA) is 24.4 Å². The third-order valence-electron chi connectivity index (χ3n) is 5.13. The molecule has 1 N–H and O–H groups in total. The summed E-state index contributed by atoms with van der Waals surface area (Å²) in [6.07, 6.45) is 0. The Hall–Kier alpha value is -2.87. The van der Waals surface area contributed by atoms with Crippen molar-refractivity contribution in [1.29, 1.82) is 0 Å². The van der Waals surface area contributed by atoms with Crippen LogP contribution in [0, 0.1) is 20.8 Å². The van der Waals surface area contributed by atoms with Gasteiger partial charge in [0.2, 0.25) is 0 Å². The normalized spacial score (nSPS) is 19.1. The SMILES string of the molecule is Cc1ccc(C2N=C(c3ccccc3C)NC2c2ccc(C)cc2)cc1. The first-order valence-electron chi connectivity index (χ1n) is 9.15. The van der Waals surface area contributed by atoms with Gasteiger partial charge in [-0.25, -0.2) is 0 Å². The Kier molecular flexibility index (Phi) is 4.34. The smallest absolute Gasteiger partial charge is 0.129 e. The predicted molar refractivity (Wildman–Crippen MR) is 109 cm³/mol. The van der Waals surface area contributed by atoms with Crippen molar-refractivity contribution in [3.05, 3.63) is 106 Å². The molecule has 1 heterocycles. The van der Waals surface area contributed by atoms with E-state index in [1.165, 1.54) is 33.4 Å². The van der Waals surface area contributed by atoms with Gasteiger partial charge in [-0.2, -0.15) is 0 Å². The van der Waals surface area contributed by atoms with Crippen LogP contribution in [-0.2, 0) is 0 Å². The van der Waals surface area contributed by atoms with Gasteiger partial charge < -0.3 is 5.32 Å². The van der Waals surface area contributed by atoms with Crippen molar-refractivity contribution in [2.75, 3.05) is 0 Å². The van der Waals surface area contributed by atoms with Crippen LogP contribution in [0.3, 0.4) is 0 Å². The van der Waals surface area contributed by atoms with E-state index in [2.05, 4.69) is 98.9 Å². The van der Waals surface area contributed by atoms with E-state index in [-0.39, 0.29) is 12.1 Å². The second-order valence-corrected chi connectivity index (χ2v) is 7.18. The number of hydrogen-bond donors (Lipinski definition) is 1. The molecule has 0 fully saturated rings. The number of hydrogen-bond acceptors (Lipinski definition) is 2. The molecule has 2 unspecified atom stereocenters. The van der Waals surface area contributed by atoms with Gasteiger partial charge in [-0.1, -0.05) is 83.9 Å². The maximum Gasteiger partial charge on any atom is 0.129 e. The Morgan fingerprint density at radius 2 is 1.27 bits per heavy atom. The van der Waals surface area contributed by atoms with Crippen molar-refractivity contribution in [1.82, 2.24) is 5.32 Å². The number of aryl methyl sites for hydroxylation is 3. The molecule has 3 aromatic rings. The lowest BCUT2D eigenvalue weighted by Gasteiger charge is -2.20. The first-order valence-corrected chi connectivity index (χ1v) is 9.15. The molecule has 4 rings (SSSR count). The van der Waals surface area contributed by atoms with Gasteiger partial charge in [0.15, 0.2) is 0 Å². The summed E-state index contributed by atoms with van der Waals surface area (Å²) >= 11 is 0. The van der Waals surface area contributed by atoms with Crippen LogP contribution >= 0.6 is 0 Å². The summed E-state index contributed by atoms with van der Waals surface area (Å²) in [5.41, 5.74) is 7.49. The van der Waals surface area contributed by atoms with Gasteiger partial charge in [-0.05, 0) is 37.5 Å². The van der Waals surface area contributed by atoms with Gasteiger partial charge in [0.1, 0.15) is 11.9 Å². The van der Waals surface area contributed by atoms with Crippen LogP contribution in [0.4, 0.5) is 0 Å². The summed E-state index contributed by atoms with van der Waals surface area (Å²) < 4.78 is 0. The molecule has 2 nitrogen and oxygen atoms in total. The highest BCUT2D eigenvalue weighted by atomic mass is 15.1. The van der Waals surface area contributed by atoms with Crippen LogP contribution in [0.25, 0.3) is 0 Å². The Morgan fingerprint density at radius 3 is 1.88 bits per heavy atom. The second-order valence-electron chi connectivity index (χ2n) is 7.18. The molecule has 0 radical (unpaired) electrons. The van der Waals surface area contributed by atoms with Crippen LogP contribution in [-0.4, -0.2) is 5.84 Å². The first-order chi connectivity index (χ1) is 12.6. The van der Waals surface area contributed by atoms with Crippen molar-refractivity contribution < 1.29 is 0 Å². The Balaban J connectivity index is 1.77. The monoisotopic (exact) mass is 340 g/mol. The van der Waals surface area contributed by atoms with Gasteiger partial charge in [0.05, 0.1) is 6.04 Å². The quantitative estimate of drug-likeness (QED) is 0.674. The summed E-state index contributed by atoms with van der Waals surface area (Å²) in [6.45, 7) is 6.38. The minimum Gasteiger partial charge on any atom is -0.361 e. The van der Waals surface area contributed by atoms with Crippen LogP contribution < -0.4 is 5.32 Å².